The Morgan fingerprint density at radius 1 is 1.06 bits per heavy atom. The van der Waals surface area contributed by atoms with Crippen molar-refractivity contribution in [3.63, 3.8) is 0 Å². The quantitative estimate of drug-likeness (QED) is 0.818. The van der Waals surface area contributed by atoms with Crippen molar-refractivity contribution in [2.45, 2.75) is 6.04 Å². The van der Waals surface area contributed by atoms with Crippen LogP contribution in [0.1, 0.15) is 11.6 Å². The Morgan fingerprint density at radius 3 is 2.39 bits per heavy atom. The van der Waals surface area contributed by atoms with Crippen molar-refractivity contribution in [3.8, 4) is 0 Å². The third-order valence-corrected chi connectivity index (χ3v) is 3.68. The summed E-state index contributed by atoms with van der Waals surface area (Å²) < 4.78 is 6.52. The number of benzene rings is 2. The average molecular weight is 353 g/mol. The Labute approximate surface area is 122 Å². The van der Waals surface area contributed by atoms with Gasteiger partial charge in [-0.3, -0.25) is 0 Å². The van der Waals surface area contributed by atoms with Gasteiger partial charge in [0.25, 0.3) is 0 Å². The fourth-order valence-corrected chi connectivity index (χ4v) is 2.38. The summed E-state index contributed by atoms with van der Waals surface area (Å²) >= 11 is 2.34. The number of halogens is 1. The van der Waals surface area contributed by atoms with Crippen LogP contribution in [0.25, 0.3) is 0 Å². The summed E-state index contributed by atoms with van der Waals surface area (Å²) in [6.07, 6.45) is 0. The van der Waals surface area contributed by atoms with E-state index in [1.165, 1.54) is 9.13 Å². The molecule has 0 saturated carbocycles. The van der Waals surface area contributed by atoms with Crippen molar-refractivity contribution in [1.29, 1.82) is 0 Å². The second-order valence-electron chi connectivity index (χ2n) is 4.04. The summed E-state index contributed by atoms with van der Waals surface area (Å²) in [6, 6.07) is 18.8. The fraction of sp³-hybridized carbons (Fsp3) is 0.200. The lowest BCUT2D eigenvalue weighted by Gasteiger charge is -2.20. The highest BCUT2D eigenvalue weighted by atomic mass is 127. The highest BCUT2D eigenvalue weighted by Crippen LogP contribution is 2.23. The van der Waals surface area contributed by atoms with Crippen molar-refractivity contribution in [1.82, 2.24) is 0 Å². The Hall–Kier alpha value is -1.07. The van der Waals surface area contributed by atoms with Crippen LogP contribution >= 0.6 is 22.6 Å². The van der Waals surface area contributed by atoms with Gasteiger partial charge in [-0.1, -0.05) is 42.5 Å². The molecule has 2 rings (SSSR count). The van der Waals surface area contributed by atoms with Crippen molar-refractivity contribution in [3.05, 3.63) is 63.7 Å². The van der Waals surface area contributed by atoms with Crippen LogP contribution in [0.2, 0.25) is 0 Å². The van der Waals surface area contributed by atoms with Crippen LogP contribution in [-0.4, -0.2) is 13.7 Å². The van der Waals surface area contributed by atoms with Crippen LogP contribution in [0.5, 0.6) is 0 Å². The van der Waals surface area contributed by atoms with Gasteiger partial charge in [0, 0.05) is 16.4 Å². The highest BCUT2D eigenvalue weighted by molar-refractivity contribution is 14.1. The number of anilines is 1. The molecular formula is C15H16INO. The molecule has 0 radical (unpaired) electrons. The Morgan fingerprint density at radius 2 is 1.72 bits per heavy atom. The van der Waals surface area contributed by atoms with Gasteiger partial charge >= 0.3 is 0 Å². The first kappa shape index (κ1) is 13.4. The van der Waals surface area contributed by atoms with Crippen molar-refractivity contribution >= 4 is 28.3 Å². The predicted molar refractivity (Wildman–Crippen MR) is 83.8 cm³/mol. The minimum absolute atomic E-state index is 0.173. The number of ether oxygens (including phenoxy) is 1. The van der Waals surface area contributed by atoms with E-state index >= 15 is 0 Å². The van der Waals surface area contributed by atoms with Crippen LogP contribution in [0.4, 0.5) is 5.69 Å². The lowest BCUT2D eigenvalue weighted by atomic mass is 10.1. The maximum absolute atomic E-state index is 5.31. The van der Waals surface area contributed by atoms with Gasteiger partial charge in [-0.15, -0.1) is 0 Å². The second kappa shape index (κ2) is 6.75. The van der Waals surface area contributed by atoms with E-state index in [1.807, 2.05) is 18.2 Å². The van der Waals surface area contributed by atoms with Gasteiger partial charge in [0.1, 0.15) is 0 Å². The minimum Gasteiger partial charge on any atom is -0.382 e. The molecular weight excluding hydrogens is 337 g/mol. The Balaban J connectivity index is 2.19. The first-order valence-electron chi connectivity index (χ1n) is 5.86. The van der Waals surface area contributed by atoms with Gasteiger partial charge in [0.15, 0.2) is 0 Å². The summed E-state index contributed by atoms with van der Waals surface area (Å²) in [5.74, 6) is 0. The summed E-state index contributed by atoms with van der Waals surface area (Å²) in [7, 11) is 1.73. The average Bonchev–Trinajstić information content (AvgIpc) is 2.42. The number of hydrogen-bond acceptors (Lipinski definition) is 2. The number of para-hydroxylation sites is 1. The van der Waals surface area contributed by atoms with Gasteiger partial charge in [0.2, 0.25) is 0 Å². The van der Waals surface area contributed by atoms with Gasteiger partial charge < -0.3 is 10.1 Å². The lowest BCUT2D eigenvalue weighted by molar-refractivity contribution is 0.186. The molecule has 18 heavy (non-hydrogen) atoms. The van der Waals surface area contributed by atoms with Crippen molar-refractivity contribution in [2.75, 3.05) is 19.0 Å². The van der Waals surface area contributed by atoms with Crippen molar-refractivity contribution in [2.24, 2.45) is 0 Å². The van der Waals surface area contributed by atoms with E-state index in [-0.39, 0.29) is 6.04 Å². The van der Waals surface area contributed by atoms with E-state index in [9.17, 15) is 0 Å². The zero-order valence-electron chi connectivity index (χ0n) is 10.3. The SMILES string of the molecule is COCC(Nc1ccccc1I)c1ccccc1. The van der Waals surface area contributed by atoms with Crippen LogP contribution in [0.15, 0.2) is 54.6 Å². The molecule has 0 aliphatic heterocycles. The van der Waals surface area contributed by atoms with E-state index in [0.29, 0.717) is 6.61 Å². The number of methoxy groups -OCH3 is 1. The first-order chi connectivity index (χ1) is 8.81. The molecule has 0 fully saturated rings. The maximum atomic E-state index is 5.31. The smallest absolute Gasteiger partial charge is 0.0747 e. The molecule has 0 saturated heterocycles. The van der Waals surface area contributed by atoms with Crippen molar-refractivity contribution < 1.29 is 4.74 Å². The molecule has 94 valence electrons. The third-order valence-electron chi connectivity index (χ3n) is 2.74. The first-order valence-corrected chi connectivity index (χ1v) is 6.94. The molecule has 1 N–H and O–H groups in total. The lowest BCUT2D eigenvalue weighted by Crippen LogP contribution is -2.16. The van der Waals surface area contributed by atoms with E-state index < -0.39 is 0 Å². The molecule has 0 amide bonds. The molecule has 0 aliphatic rings. The highest BCUT2D eigenvalue weighted by Gasteiger charge is 2.11. The van der Waals surface area contributed by atoms with Crippen LogP contribution in [-0.2, 0) is 4.74 Å². The fourth-order valence-electron chi connectivity index (χ4n) is 1.84. The number of nitrogens with one attached hydrogen (secondary N) is 1. The van der Waals surface area contributed by atoms with E-state index in [4.69, 9.17) is 4.74 Å². The zero-order chi connectivity index (χ0) is 12.8. The molecule has 2 nitrogen and oxygen atoms in total. The molecule has 2 aromatic rings. The Kier molecular flexibility index (Phi) is 5.01. The summed E-state index contributed by atoms with van der Waals surface area (Å²) in [5, 5.41) is 3.53. The van der Waals surface area contributed by atoms with Gasteiger partial charge in [0.05, 0.1) is 12.6 Å². The van der Waals surface area contributed by atoms with Crippen LogP contribution < -0.4 is 5.32 Å². The summed E-state index contributed by atoms with van der Waals surface area (Å²) in [5.41, 5.74) is 2.38. The predicted octanol–water partition coefficient (Wildman–Crippen LogP) is 4.09. The molecule has 0 bridgehead atoms. The standard InChI is InChI=1S/C15H16INO/c1-18-11-15(12-7-3-2-4-8-12)17-14-10-6-5-9-13(14)16/h2-10,15,17H,11H2,1H3. The normalized spacial score (nSPS) is 12.1. The minimum atomic E-state index is 0.173. The van der Waals surface area contributed by atoms with Crippen LogP contribution in [0, 0.1) is 3.57 Å². The van der Waals surface area contributed by atoms with Gasteiger partial charge in [-0.25, -0.2) is 0 Å². The second-order valence-corrected chi connectivity index (χ2v) is 5.20. The summed E-state index contributed by atoms with van der Waals surface area (Å²) in [6.45, 7) is 0.648. The molecule has 3 heteroatoms. The Bertz CT molecular complexity index is 487. The van der Waals surface area contributed by atoms with Gasteiger partial charge in [-0.05, 0) is 40.3 Å². The molecule has 0 aliphatic carbocycles. The van der Waals surface area contributed by atoms with Gasteiger partial charge in [-0.2, -0.15) is 0 Å². The van der Waals surface area contributed by atoms with Crippen LogP contribution in [0.3, 0.4) is 0 Å². The molecule has 0 heterocycles. The third kappa shape index (κ3) is 3.46. The number of rotatable bonds is 5. The van der Waals surface area contributed by atoms with E-state index in [0.717, 1.165) is 5.69 Å². The molecule has 2 aromatic carbocycles. The summed E-state index contributed by atoms with van der Waals surface area (Å²) in [4.78, 5) is 0. The van der Waals surface area contributed by atoms with E-state index in [1.54, 1.807) is 7.11 Å². The largest absolute Gasteiger partial charge is 0.382 e. The monoisotopic (exact) mass is 353 g/mol. The molecule has 0 aromatic heterocycles. The maximum Gasteiger partial charge on any atom is 0.0747 e. The molecule has 1 atom stereocenters. The molecule has 0 spiro atoms. The zero-order valence-corrected chi connectivity index (χ0v) is 12.4. The molecule has 1 unspecified atom stereocenters. The van der Waals surface area contributed by atoms with E-state index in [2.05, 4.69) is 64.3 Å². The number of hydrogen-bond donors (Lipinski definition) is 1. The topological polar surface area (TPSA) is 21.3 Å².